The lowest BCUT2D eigenvalue weighted by molar-refractivity contribution is -0.141. The molecule has 1 atom stereocenters. The third-order valence-electron chi connectivity index (χ3n) is 5.73. The zero-order valence-corrected chi connectivity index (χ0v) is 16.4. The number of likely N-dealkylation sites (tertiary alicyclic amines) is 1. The van der Waals surface area contributed by atoms with Gasteiger partial charge in [0.25, 0.3) is 5.91 Å². The molecule has 2 aliphatic heterocycles. The Morgan fingerprint density at radius 2 is 2.07 bits per heavy atom. The molecule has 0 radical (unpaired) electrons. The second-order valence-corrected chi connectivity index (χ2v) is 7.84. The van der Waals surface area contributed by atoms with Gasteiger partial charge in [0.05, 0.1) is 12.8 Å². The minimum Gasteiger partial charge on any atom is -0.492 e. The summed E-state index contributed by atoms with van der Waals surface area (Å²) in [6.07, 6.45) is 0.622. The van der Waals surface area contributed by atoms with Gasteiger partial charge in [-0.05, 0) is 44.9 Å². The van der Waals surface area contributed by atoms with Gasteiger partial charge in [0.1, 0.15) is 23.6 Å². The smallest absolute Gasteiger partial charge is 0.406 e. The summed E-state index contributed by atoms with van der Waals surface area (Å²) in [4.78, 5) is 20.1. The highest BCUT2D eigenvalue weighted by Crippen LogP contribution is 2.27. The van der Waals surface area contributed by atoms with Crippen molar-refractivity contribution in [3.63, 3.8) is 0 Å². The molecule has 6 nitrogen and oxygen atoms in total. The molecule has 29 heavy (non-hydrogen) atoms. The van der Waals surface area contributed by atoms with E-state index in [-0.39, 0.29) is 12.2 Å². The summed E-state index contributed by atoms with van der Waals surface area (Å²) in [7, 11) is 0. The van der Waals surface area contributed by atoms with Crippen molar-refractivity contribution in [1.82, 2.24) is 19.4 Å². The normalized spacial score (nSPS) is 20.5. The summed E-state index contributed by atoms with van der Waals surface area (Å²) in [6.45, 7) is 4.04. The fourth-order valence-corrected chi connectivity index (χ4v) is 4.24. The lowest BCUT2D eigenvalue weighted by Gasteiger charge is -2.29. The average molecular weight is 410 g/mol. The van der Waals surface area contributed by atoms with E-state index in [1.54, 1.807) is 22.9 Å². The van der Waals surface area contributed by atoms with E-state index >= 15 is 0 Å². The zero-order chi connectivity index (χ0) is 20.6. The molecule has 4 rings (SSSR count). The molecular weight excluding hydrogens is 385 g/mol. The molecule has 2 aromatic rings. The van der Waals surface area contributed by atoms with E-state index in [4.69, 9.17) is 4.74 Å². The maximum absolute atomic E-state index is 12.7. The van der Waals surface area contributed by atoms with Gasteiger partial charge in [0.15, 0.2) is 0 Å². The van der Waals surface area contributed by atoms with E-state index in [9.17, 15) is 18.0 Å². The van der Waals surface area contributed by atoms with Crippen LogP contribution in [0.25, 0.3) is 11.0 Å². The lowest BCUT2D eigenvalue weighted by atomic mass is 10.2. The predicted octanol–water partition coefficient (Wildman–Crippen LogP) is 3.31. The number of amides is 1. The Kier molecular flexibility index (Phi) is 5.42. The Morgan fingerprint density at radius 1 is 1.24 bits per heavy atom. The van der Waals surface area contributed by atoms with E-state index in [0.29, 0.717) is 36.0 Å². The summed E-state index contributed by atoms with van der Waals surface area (Å²) in [5.74, 6) is -0.0108. The number of halogens is 3. The van der Waals surface area contributed by atoms with Crippen LogP contribution in [0.4, 0.5) is 13.2 Å². The van der Waals surface area contributed by atoms with Gasteiger partial charge >= 0.3 is 6.18 Å². The summed E-state index contributed by atoms with van der Waals surface area (Å²) >= 11 is 0. The lowest BCUT2D eigenvalue weighted by Crippen LogP contribution is -2.44. The van der Waals surface area contributed by atoms with Gasteiger partial charge in [-0.1, -0.05) is 0 Å². The van der Waals surface area contributed by atoms with Gasteiger partial charge in [-0.2, -0.15) is 13.2 Å². The number of hydrogen-bond donors (Lipinski definition) is 0. The second kappa shape index (κ2) is 7.85. The number of carbonyl (C=O) groups excluding carboxylic acids is 1. The number of alkyl halides is 3. The van der Waals surface area contributed by atoms with Gasteiger partial charge in [-0.15, -0.1) is 0 Å². The third-order valence-corrected chi connectivity index (χ3v) is 5.73. The molecule has 0 N–H and O–H groups in total. The molecule has 1 fully saturated rings. The number of hydrogen-bond acceptors (Lipinski definition) is 4. The van der Waals surface area contributed by atoms with Gasteiger partial charge in [0.2, 0.25) is 0 Å². The third kappa shape index (κ3) is 4.34. The first-order valence-corrected chi connectivity index (χ1v) is 10.0. The monoisotopic (exact) mass is 410 g/mol. The van der Waals surface area contributed by atoms with E-state index in [0.717, 1.165) is 24.4 Å². The fourth-order valence-electron chi connectivity index (χ4n) is 4.24. The number of fused-ring (bicyclic) bond motifs is 3. The SMILES string of the molecule is C[C@H]1CCCN1CCCOc1cnc2c(c1)cc1n2CCN(CC(F)(F)F)C1=O. The highest BCUT2D eigenvalue weighted by molar-refractivity contribution is 5.98. The van der Waals surface area contributed by atoms with E-state index in [2.05, 4.69) is 16.8 Å². The molecule has 0 aromatic carbocycles. The maximum Gasteiger partial charge on any atom is 0.406 e. The predicted molar refractivity (Wildman–Crippen MR) is 102 cm³/mol. The molecule has 0 spiro atoms. The van der Waals surface area contributed by atoms with Crippen LogP contribution in [0.5, 0.6) is 5.75 Å². The van der Waals surface area contributed by atoms with Crippen LogP contribution in [-0.4, -0.2) is 70.3 Å². The van der Waals surface area contributed by atoms with Crippen molar-refractivity contribution in [2.24, 2.45) is 0 Å². The van der Waals surface area contributed by atoms with Crippen molar-refractivity contribution >= 4 is 16.9 Å². The quantitative estimate of drug-likeness (QED) is 0.686. The first-order valence-electron chi connectivity index (χ1n) is 10.0. The van der Waals surface area contributed by atoms with Crippen LogP contribution in [0.2, 0.25) is 0 Å². The Morgan fingerprint density at radius 3 is 2.79 bits per heavy atom. The minimum atomic E-state index is -4.41. The molecule has 9 heteroatoms. The largest absolute Gasteiger partial charge is 0.492 e. The molecule has 158 valence electrons. The zero-order valence-electron chi connectivity index (χ0n) is 16.4. The Bertz CT molecular complexity index is 896. The summed E-state index contributed by atoms with van der Waals surface area (Å²) < 4.78 is 45.5. The molecule has 2 aromatic heterocycles. The van der Waals surface area contributed by atoms with E-state index < -0.39 is 18.6 Å². The van der Waals surface area contributed by atoms with Gasteiger partial charge < -0.3 is 19.1 Å². The molecule has 4 heterocycles. The van der Waals surface area contributed by atoms with Crippen molar-refractivity contribution in [3.8, 4) is 5.75 Å². The average Bonchev–Trinajstić information content (AvgIpc) is 3.23. The van der Waals surface area contributed by atoms with Crippen LogP contribution >= 0.6 is 0 Å². The van der Waals surface area contributed by atoms with E-state index in [1.807, 2.05) is 0 Å². The van der Waals surface area contributed by atoms with Crippen molar-refractivity contribution < 1.29 is 22.7 Å². The number of pyridine rings is 1. The van der Waals surface area contributed by atoms with Crippen molar-refractivity contribution in [3.05, 3.63) is 24.0 Å². The van der Waals surface area contributed by atoms with Gasteiger partial charge in [-0.3, -0.25) is 4.79 Å². The van der Waals surface area contributed by atoms with Crippen molar-refractivity contribution in [2.75, 3.05) is 32.8 Å². The molecular formula is C20H25F3N4O2. The molecule has 0 saturated carbocycles. The minimum absolute atomic E-state index is 0.0178. The summed E-state index contributed by atoms with van der Waals surface area (Å²) in [6, 6.07) is 4.04. The van der Waals surface area contributed by atoms with Crippen LogP contribution in [-0.2, 0) is 6.54 Å². The molecule has 1 amide bonds. The van der Waals surface area contributed by atoms with Crippen LogP contribution < -0.4 is 4.74 Å². The molecule has 2 aliphatic rings. The first-order chi connectivity index (χ1) is 13.8. The number of ether oxygens (including phenoxy) is 1. The van der Waals surface area contributed by atoms with Gasteiger partial charge in [0, 0.05) is 31.1 Å². The fraction of sp³-hybridized carbons (Fsp3) is 0.600. The second-order valence-electron chi connectivity index (χ2n) is 7.84. The first kappa shape index (κ1) is 20.0. The number of carbonyl (C=O) groups is 1. The highest BCUT2D eigenvalue weighted by atomic mass is 19.4. The Balaban J connectivity index is 1.41. The van der Waals surface area contributed by atoms with Gasteiger partial charge in [-0.25, -0.2) is 4.98 Å². The highest BCUT2D eigenvalue weighted by Gasteiger charge is 2.36. The Labute approximate surface area is 167 Å². The topological polar surface area (TPSA) is 50.6 Å². The standard InChI is InChI=1S/C20H25F3N4O2/c1-14-4-2-5-25(14)6-3-9-29-16-10-15-11-17-19(28)26(13-20(21,22)23)7-8-27(17)18(15)24-12-16/h10-12,14H,2-9,13H2,1H3/t14-/m0/s1. The Hall–Kier alpha value is -2.29. The maximum atomic E-state index is 12.7. The number of rotatable bonds is 6. The number of aromatic nitrogens is 2. The van der Waals surface area contributed by atoms with Crippen LogP contribution in [0.3, 0.4) is 0 Å². The molecule has 0 bridgehead atoms. The van der Waals surface area contributed by atoms with E-state index in [1.165, 1.54) is 12.8 Å². The van der Waals surface area contributed by atoms with Crippen molar-refractivity contribution in [2.45, 2.75) is 44.9 Å². The number of nitrogens with zero attached hydrogens (tertiary/aromatic N) is 4. The van der Waals surface area contributed by atoms with Crippen LogP contribution in [0, 0.1) is 0 Å². The van der Waals surface area contributed by atoms with Crippen LogP contribution in [0.15, 0.2) is 18.3 Å². The molecule has 1 saturated heterocycles. The van der Waals surface area contributed by atoms with Crippen LogP contribution in [0.1, 0.15) is 36.7 Å². The molecule has 0 unspecified atom stereocenters. The summed E-state index contributed by atoms with van der Waals surface area (Å²) in [5, 5.41) is 0.702. The summed E-state index contributed by atoms with van der Waals surface area (Å²) in [5.41, 5.74) is 0.835. The van der Waals surface area contributed by atoms with Crippen molar-refractivity contribution in [1.29, 1.82) is 0 Å². The molecule has 0 aliphatic carbocycles.